The number of hydrogen-bond donors (Lipinski definition) is 1. The molecule has 98 valence electrons. The van der Waals surface area contributed by atoms with Gasteiger partial charge >= 0.3 is 0 Å². The number of benzene rings is 2. The van der Waals surface area contributed by atoms with Gasteiger partial charge in [-0.1, -0.05) is 24.3 Å². The van der Waals surface area contributed by atoms with Crippen molar-refractivity contribution in [2.45, 2.75) is 13.0 Å². The van der Waals surface area contributed by atoms with Gasteiger partial charge in [0.15, 0.2) is 0 Å². The van der Waals surface area contributed by atoms with E-state index in [4.69, 9.17) is 0 Å². The summed E-state index contributed by atoms with van der Waals surface area (Å²) >= 11 is 2.23. The molecule has 0 saturated heterocycles. The van der Waals surface area contributed by atoms with E-state index in [1.165, 1.54) is 12.1 Å². The molecule has 2 rings (SSSR count). The van der Waals surface area contributed by atoms with Crippen molar-refractivity contribution in [1.29, 1.82) is 0 Å². The van der Waals surface area contributed by atoms with Crippen LogP contribution >= 0.6 is 22.6 Å². The second-order valence-corrected chi connectivity index (χ2v) is 5.45. The predicted molar refractivity (Wildman–Crippen MR) is 81.1 cm³/mol. The lowest BCUT2D eigenvalue weighted by Gasteiger charge is -2.05. The maximum Gasteiger partial charge on any atom is 0.224 e. The van der Waals surface area contributed by atoms with Crippen molar-refractivity contribution in [2.24, 2.45) is 0 Å². The topological polar surface area (TPSA) is 29.1 Å². The molecule has 0 aliphatic rings. The van der Waals surface area contributed by atoms with Gasteiger partial charge in [0.25, 0.3) is 0 Å². The van der Waals surface area contributed by atoms with Crippen LogP contribution in [-0.2, 0) is 17.8 Å². The van der Waals surface area contributed by atoms with E-state index in [1.807, 2.05) is 24.3 Å². The van der Waals surface area contributed by atoms with Crippen LogP contribution in [0, 0.1) is 9.39 Å². The molecule has 2 nitrogen and oxygen atoms in total. The van der Waals surface area contributed by atoms with Gasteiger partial charge < -0.3 is 5.32 Å². The lowest BCUT2D eigenvalue weighted by atomic mass is 10.1. The number of nitrogens with one attached hydrogen (secondary N) is 1. The number of amides is 1. The summed E-state index contributed by atoms with van der Waals surface area (Å²) in [6.45, 7) is 0.420. The molecule has 0 heterocycles. The molecule has 0 unspecified atom stereocenters. The summed E-state index contributed by atoms with van der Waals surface area (Å²) in [6.07, 6.45) is 0.359. The first-order valence-corrected chi connectivity index (χ1v) is 6.97. The fourth-order valence-electron chi connectivity index (χ4n) is 1.65. The molecule has 0 spiro atoms. The first-order valence-electron chi connectivity index (χ1n) is 5.89. The first kappa shape index (κ1) is 14.0. The quantitative estimate of drug-likeness (QED) is 0.824. The van der Waals surface area contributed by atoms with E-state index in [-0.39, 0.29) is 11.7 Å². The van der Waals surface area contributed by atoms with E-state index >= 15 is 0 Å². The molecule has 2 aromatic rings. The van der Waals surface area contributed by atoms with Crippen molar-refractivity contribution in [3.8, 4) is 0 Å². The summed E-state index contributed by atoms with van der Waals surface area (Å²) in [7, 11) is 0. The summed E-state index contributed by atoms with van der Waals surface area (Å²) in [5.41, 5.74) is 1.87. The molecule has 1 N–H and O–H groups in total. The summed E-state index contributed by atoms with van der Waals surface area (Å²) in [5.74, 6) is -0.306. The van der Waals surface area contributed by atoms with E-state index in [1.54, 1.807) is 12.1 Å². The third kappa shape index (κ3) is 4.63. The van der Waals surface area contributed by atoms with Gasteiger partial charge in [0.05, 0.1) is 6.42 Å². The third-order valence-electron chi connectivity index (χ3n) is 2.68. The number of halogens is 2. The van der Waals surface area contributed by atoms with E-state index in [0.29, 0.717) is 13.0 Å². The maximum absolute atomic E-state index is 12.7. The van der Waals surface area contributed by atoms with Crippen LogP contribution in [0.4, 0.5) is 4.39 Å². The Morgan fingerprint density at radius 3 is 2.21 bits per heavy atom. The molecule has 4 heteroatoms. The van der Waals surface area contributed by atoms with Gasteiger partial charge in [0.2, 0.25) is 5.91 Å². The zero-order chi connectivity index (χ0) is 13.7. The molecule has 0 saturated carbocycles. The average molecular weight is 369 g/mol. The molecule has 2 aromatic carbocycles. The van der Waals surface area contributed by atoms with Crippen molar-refractivity contribution in [1.82, 2.24) is 5.32 Å². The summed E-state index contributed by atoms with van der Waals surface area (Å²) in [4.78, 5) is 11.8. The molecule has 0 atom stereocenters. The Kier molecular flexibility index (Phi) is 4.90. The normalized spacial score (nSPS) is 10.2. The highest BCUT2D eigenvalue weighted by atomic mass is 127. The monoisotopic (exact) mass is 369 g/mol. The van der Waals surface area contributed by atoms with Crippen molar-refractivity contribution in [3.05, 3.63) is 69.0 Å². The Balaban J connectivity index is 1.84. The molecule has 0 radical (unpaired) electrons. The minimum Gasteiger partial charge on any atom is -0.352 e. The average Bonchev–Trinajstić information content (AvgIpc) is 2.41. The minimum atomic E-state index is -0.269. The number of rotatable bonds is 4. The SMILES string of the molecule is O=C(Cc1ccc(I)cc1)NCc1ccc(F)cc1. The lowest BCUT2D eigenvalue weighted by molar-refractivity contribution is -0.120. The van der Waals surface area contributed by atoms with Gasteiger partial charge in [-0.15, -0.1) is 0 Å². The maximum atomic E-state index is 12.7. The molecular formula is C15H13FINO. The van der Waals surface area contributed by atoms with Gasteiger partial charge in [-0.2, -0.15) is 0 Å². The van der Waals surface area contributed by atoms with Crippen LogP contribution in [0.5, 0.6) is 0 Å². The molecule has 19 heavy (non-hydrogen) atoms. The highest BCUT2D eigenvalue weighted by Gasteiger charge is 2.03. The van der Waals surface area contributed by atoms with Crippen LogP contribution in [-0.4, -0.2) is 5.91 Å². The third-order valence-corrected chi connectivity index (χ3v) is 3.40. The summed E-state index contributed by atoms with van der Waals surface area (Å²) < 4.78 is 13.9. The molecule has 0 bridgehead atoms. The molecule has 1 amide bonds. The van der Waals surface area contributed by atoms with Crippen molar-refractivity contribution in [3.63, 3.8) is 0 Å². The fraction of sp³-hybridized carbons (Fsp3) is 0.133. The number of carbonyl (C=O) groups excluding carboxylic acids is 1. The molecular weight excluding hydrogens is 356 g/mol. The van der Waals surface area contributed by atoms with E-state index in [2.05, 4.69) is 27.9 Å². The number of carbonyl (C=O) groups is 1. The predicted octanol–water partition coefficient (Wildman–Crippen LogP) is 3.29. The standard InChI is InChI=1S/C15H13FINO/c16-13-5-1-12(2-6-13)10-18-15(19)9-11-3-7-14(17)8-4-11/h1-8H,9-10H2,(H,18,19). The summed E-state index contributed by atoms with van der Waals surface area (Å²) in [6, 6.07) is 14.0. The van der Waals surface area contributed by atoms with Gasteiger partial charge in [-0.05, 0) is 58.0 Å². The Labute approximate surface area is 125 Å². The van der Waals surface area contributed by atoms with Gasteiger partial charge in [-0.3, -0.25) is 4.79 Å². The zero-order valence-corrected chi connectivity index (χ0v) is 12.4. The Hall–Kier alpha value is -1.43. The Bertz CT molecular complexity index is 551. The second kappa shape index (κ2) is 6.65. The second-order valence-electron chi connectivity index (χ2n) is 4.21. The minimum absolute atomic E-state index is 0.0365. The lowest BCUT2D eigenvalue weighted by Crippen LogP contribution is -2.24. The Morgan fingerprint density at radius 2 is 1.58 bits per heavy atom. The van der Waals surface area contributed by atoms with Crippen molar-refractivity contribution >= 4 is 28.5 Å². The van der Waals surface area contributed by atoms with E-state index < -0.39 is 0 Å². The van der Waals surface area contributed by atoms with Gasteiger partial charge in [0, 0.05) is 10.1 Å². The zero-order valence-electron chi connectivity index (χ0n) is 10.2. The molecule has 0 aliphatic heterocycles. The van der Waals surface area contributed by atoms with Crippen LogP contribution in [0.3, 0.4) is 0 Å². The number of hydrogen-bond acceptors (Lipinski definition) is 1. The largest absolute Gasteiger partial charge is 0.352 e. The first-order chi connectivity index (χ1) is 9.13. The van der Waals surface area contributed by atoms with Gasteiger partial charge in [-0.25, -0.2) is 4.39 Å². The highest BCUT2D eigenvalue weighted by Crippen LogP contribution is 2.07. The van der Waals surface area contributed by atoms with Crippen LogP contribution in [0.15, 0.2) is 48.5 Å². The summed E-state index contributed by atoms with van der Waals surface area (Å²) in [5, 5.41) is 2.82. The van der Waals surface area contributed by atoms with Crippen molar-refractivity contribution in [2.75, 3.05) is 0 Å². The van der Waals surface area contributed by atoms with Crippen LogP contribution in [0.2, 0.25) is 0 Å². The van der Waals surface area contributed by atoms with Crippen LogP contribution in [0.25, 0.3) is 0 Å². The molecule has 0 aromatic heterocycles. The fourth-order valence-corrected chi connectivity index (χ4v) is 2.01. The van der Waals surface area contributed by atoms with Crippen molar-refractivity contribution < 1.29 is 9.18 Å². The van der Waals surface area contributed by atoms with E-state index in [0.717, 1.165) is 14.7 Å². The van der Waals surface area contributed by atoms with E-state index in [9.17, 15) is 9.18 Å². The smallest absolute Gasteiger partial charge is 0.224 e. The van der Waals surface area contributed by atoms with Crippen LogP contribution in [0.1, 0.15) is 11.1 Å². The van der Waals surface area contributed by atoms with Gasteiger partial charge in [0.1, 0.15) is 5.82 Å². The Morgan fingerprint density at radius 1 is 1.00 bits per heavy atom. The highest BCUT2D eigenvalue weighted by molar-refractivity contribution is 14.1. The molecule has 0 fully saturated rings. The van der Waals surface area contributed by atoms with Crippen LogP contribution < -0.4 is 5.32 Å². The molecule has 0 aliphatic carbocycles.